The van der Waals surface area contributed by atoms with Gasteiger partial charge in [-0.3, -0.25) is 4.79 Å². The molecule has 0 unspecified atom stereocenters. The van der Waals surface area contributed by atoms with Gasteiger partial charge in [-0.05, 0) is 24.6 Å². The van der Waals surface area contributed by atoms with Gasteiger partial charge in [0.1, 0.15) is 17.3 Å². The second-order valence-corrected chi connectivity index (χ2v) is 7.31. The summed E-state index contributed by atoms with van der Waals surface area (Å²) >= 11 is 0. The van der Waals surface area contributed by atoms with Gasteiger partial charge in [-0.1, -0.05) is 0 Å². The number of benzene rings is 1. The Labute approximate surface area is 165 Å². The SMILES string of the molecule is COc1ccc(OC)c(CC(=O)N2CC[C@@H](c3ncc4c(n3)CCNC4)C2)c1. The van der Waals surface area contributed by atoms with Crippen LogP contribution in [-0.4, -0.2) is 54.6 Å². The van der Waals surface area contributed by atoms with Gasteiger partial charge in [0.05, 0.1) is 20.6 Å². The molecule has 0 saturated carbocycles. The van der Waals surface area contributed by atoms with Crippen molar-refractivity contribution in [3.8, 4) is 11.5 Å². The lowest BCUT2D eigenvalue weighted by Crippen LogP contribution is -2.30. The first-order valence-corrected chi connectivity index (χ1v) is 9.72. The van der Waals surface area contributed by atoms with Gasteiger partial charge in [-0.2, -0.15) is 0 Å². The van der Waals surface area contributed by atoms with Crippen LogP contribution in [0.25, 0.3) is 0 Å². The van der Waals surface area contributed by atoms with Crippen LogP contribution in [0, 0.1) is 0 Å². The fourth-order valence-corrected chi connectivity index (χ4v) is 3.94. The number of nitrogens with one attached hydrogen (secondary N) is 1. The van der Waals surface area contributed by atoms with Crippen molar-refractivity contribution < 1.29 is 14.3 Å². The average Bonchev–Trinajstić information content (AvgIpc) is 3.24. The van der Waals surface area contributed by atoms with Crippen molar-refractivity contribution in [2.75, 3.05) is 33.9 Å². The van der Waals surface area contributed by atoms with Crippen LogP contribution in [0.1, 0.15) is 35.0 Å². The molecule has 2 aromatic rings. The van der Waals surface area contributed by atoms with Crippen molar-refractivity contribution in [3.63, 3.8) is 0 Å². The fraction of sp³-hybridized carbons (Fsp3) is 0.476. The molecule has 2 aliphatic rings. The minimum atomic E-state index is 0.0937. The van der Waals surface area contributed by atoms with Crippen LogP contribution in [-0.2, 0) is 24.2 Å². The van der Waals surface area contributed by atoms with Gasteiger partial charge in [0.2, 0.25) is 5.91 Å². The maximum Gasteiger partial charge on any atom is 0.227 e. The van der Waals surface area contributed by atoms with Crippen molar-refractivity contribution >= 4 is 5.91 Å². The molecule has 2 aliphatic heterocycles. The van der Waals surface area contributed by atoms with Gasteiger partial charge in [-0.15, -0.1) is 0 Å². The van der Waals surface area contributed by atoms with Gasteiger partial charge >= 0.3 is 0 Å². The second-order valence-electron chi connectivity index (χ2n) is 7.31. The lowest BCUT2D eigenvalue weighted by Gasteiger charge is -2.19. The number of nitrogens with zero attached hydrogens (tertiary/aromatic N) is 3. The third-order valence-electron chi connectivity index (χ3n) is 5.56. The summed E-state index contributed by atoms with van der Waals surface area (Å²) in [6.07, 6.45) is 4.08. The van der Waals surface area contributed by atoms with Crippen LogP contribution in [0.2, 0.25) is 0 Å². The molecule has 0 aliphatic carbocycles. The number of carbonyl (C=O) groups excluding carboxylic acids is 1. The van der Waals surface area contributed by atoms with E-state index in [1.165, 1.54) is 5.56 Å². The van der Waals surface area contributed by atoms with Gasteiger partial charge in [0.25, 0.3) is 0 Å². The first kappa shape index (κ1) is 18.7. The number of carbonyl (C=O) groups is 1. The first-order valence-electron chi connectivity index (χ1n) is 9.72. The van der Waals surface area contributed by atoms with E-state index >= 15 is 0 Å². The number of hydrogen-bond donors (Lipinski definition) is 1. The van der Waals surface area contributed by atoms with Crippen molar-refractivity contribution in [2.45, 2.75) is 31.7 Å². The molecule has 1 amide bonds. The lowest BCUT2D eigenvalue weighted by molar-refractivity contribution is -0.129. The van der Waals surface area contributed by atoms with Crippen LogP contribution < -0.4 is 14.8 Å². The van der Waals surface area contributed by atoms with Gasteiger partial charge in [0, 0.05) is 61.5 Å². The third kappa shape index (κ3) is 3.80. The molecule has 1 saturated heterocycles. The highest BCUT2D eigenvalue weighted by atomic mass is 16.5. The third-order valence-corrected chi connectivity index (χ3v) is 5.56. The molecule has 0 spiro atoms. The number of fused-ring (bicyclic) bond motifs is 1. The number of likely N-dealkylation sites (tertiary alicyclic amines) is 1. The van der Waals surface area contributed by atoms with E-state index in [4.69, 9.17) is 14.5 Å². The van der Waals surface area contributed by atoms with E-state index in [1.807, 2.05) is 29.3 Å². The molecule has 1 aromatic carbocycles. The molecular weight excluding hydrogens is 356 g/mol. The largest absolute Gasteiger partial charge is 0.497 e. The summed E-state index contributed by atoms with van der Waals surface area (Å²) in [5.41, 5.74) is 3.17. The molecule has 4 rings (SSSR count). The van der Waals surface area contributed by atoms with Crippen molar-refractivity contribution in [2.24, 2.45) is 0 Å². The zero-order valence-electron chi connectivity index (χ0n) is 16.4. The molecule has 1 N–H and O–H groups in total. The Bertz CT molecular complexity index is 871. The van der Waals surface area contributed by atoms with Crippen LogP contribution in [0.15, 0.2) is 24.4 Å². The maximum atomic E-state index is 12.9. The lowest BCUT2D eigenvalue weighted by atomic mass is 10.1. The minimum absolute atomic E-state index is 0.0937. The Balaban J connectivity index is 1.43. The average molecular weight is 382 g/mol. The molecule has 7 nitrogen and oxygen atoms in total. The number of aromatic nitrogens is 2. The molecule has 3 heterocycles. The minimum Gasteiger partial charge on any atom is -0.497 e. The standard InChI is InChI=1S/C21H26N4O3/c1-27-17-3-4-19(28-2)15(9-17)10-20(26)25-8-6-14(13-25)21-23-12-16-11-22-7-5-18(16)24-21/h3-4,9,12,14,22H,5-8,10-11,13H2,1-2H3/t14-/m1/s1. The molecule has 7 heteroatoms. The second kappa shape index (κ2) is 8.14. The smallest absolute Gasteiger partial charge is 0.227 e. The highest BCUT2D eigenvalue weighted by molar-refractivity contribution is 5.80. The Morgan fingerprint density at radius 2 is 2.21 bits per heavy atom. The molecule has 1 atom stereocenters. The molecular formula is C21H26N4O3. The summed E-state index contributed by atoms with van der Waals surface area (Å²) in [7, 11) is 3.23. The summed E-state index contributed by atoms with van der Waals surface area (Å²) in [6.45, 7) is 3.20. The predicted octanol–water partition coefficient (Wildman–Crippen LogP) is 1.70. The zero-order valence-corrected chi connectivity index (χ0v) is 16.4. The van der Waals surface area contributed by atoms with Crippen LogP contribution in [0.5, 0.6) is 11.5 Å². The maximum absolute atomic E-state index is 12.9. The molecule has 0 bridgehead atoms. The predicted molar refractivity (Wildman–Crippen MR) is 105 cm³/mol. The highest BCUT2D eigenvalue weighted by Crippen LogP contribution is 2.28. The van der Waals surface area contributed by atoms with E-state index in [-0.39, 0.29) is 11.8 Å². The van der Waals surface area contributed by atoms with E-state index in [0.717, 1.165) is 55.3 Å². The summed E-state index contributed by atoms with van der Waals surface area (Å²) in [5, 5.41) is 3.34. The summed E-state index contributed by atoms with van der Waals surface area (Å²) < 4.78 is 10.7. The summed E-state index contributed by atoms with van der Waals surface area (Å²) in [4.78, 5) is 24.2. The van der Waals surface area contributed by atoms with Gasteiger partial charge in [0.15, 0.2) is 0 Å². The topological polar surface area (TPSA) is 76.6 Å². The van der Waals surface area contributed by atoms with Crippen LogP contribution >= 0.6 is 0 Å². The Morgan fingerprint density at radius 3 is 3.04 bits per heavy atom. The van der Waals surface area contributed by atoms with E-state index in [0.29, 0.717) is 18.7 Å². The molecule has 28 heavy (non-hydrogen) atoms. The van der Waals surface area contributed by atoms with Crippen molar-refractivity contribution in [1.82, 2.24) is 20.2 Å². The Hall–Kier alpha value is -2.67. The highest BCUT2D eigenvalue weighted by Gasteiger charge is 2.30. The van der Waals surface area contributed by atoms with Crippen LogP contribution in [0.4, 0.5) is 0 Å². The fourth-order valence-electron chi connectivity index (χ4n) is 3.94. The van der Waals surface area contributed by atoms with Crippen molar-refractivity contribution in [3.05, 3.63) is 47.0 Å². The van der Waals surface area contributed by atoms with Gasteiger partial charge < -0.3 is 19.7 Å². The number of hydrogen-bond acceptors (Lipinski definition) is 6. The van der Waals surface area contributed by atoms with Gasteiger partial charge in [-0.25, -0.2) is 9.97 Å². The van der Waals surface area contributed by atoms with E-state index in [2.05, 4.69) is 10.3 Å². The number of amides is 1. The first-order chi connectivity index (χ1) is 13.7. The number of ether oxygens (including phenoxy) is 2. The quantitative estimate of drug-likeness (QED) is 0.848. The van der Waals surface area contributed by atoms with Crippen LogP contribution in [0.3, 0.4) is 0 Å². The van der Waals surface area contributed by atoms with E-state index < -0.39 is 0 Å². The Kier molecular flexibility index (Phi) is 5.43. The molecule has 0 radical (unpaired) electrons. The summed E-state index contributed by atoms with van der Waals surface area (Å²) in [5.74, 6) is 2.60. The van der Waals surface area contributed by atoms with Crippen molar-refractivity contribution in [1.29, 1.82) is 0 Å². The molecule has 1 fully saturated rings. The summed E-state index contributed by atoms with van der Waals surface area (Å²) in [6, 6.07) is 5.54. The molecule has 148 valence electrons. The van der Waals surface area contributed by atoms with E-state index in [9.17, 15) is 4.79 Å². The normalized spacial score (nSPS) is 18.6. The zero-order chi connectivity index (χ0) is 19.5. The monoisotopic (exact) mass is 382 g/mol. The molecule has 1 aromatic heterocycles. The number of rotatable bonds is 5. The number of methoxy groups -OCH3 is 2. The van der Waals surface area contributed by atoms with E-state index in [1.54, 1.807) is 14.2 Å². The Morgan fingerprint density at radius 1 is 1.32 bits per heavy atom.